The molecule has 0 spiro atoms. The van der Waals surface area contributed by atoms with Crippen molar-refractivity contribution in [1.29, 1.82) is 5.26 Å². The van der Waals surface area contributed by atoms with Gasteiger partial charge in [-0.2, -0.15) is 5.26 Å². The van der Waals surface area contributed by atoms with Crippen molar-refractivity contribution in [2.24, 2.45) is 11.1 Å². The van der Waals surface area contributed by atoms with Gasteiger partial charge in [0.1, 0.15) is 5.54 Å². The fourth-order valence-corrected chi connectivity index (χ4v) is 2.35. The number of ether oxygens (including phenoxy) is 1. The molecule has 1 saturated carbocycles. The summed E-state index contributed by atoms with van der Waals surface area (Å²) in [4.78, 5) is 12.1. The van der Waals surface area contributed by atoms with Crippen LogP contribution in [0.2, 0.25) is 0 Å². The lowest BCUT2D eigenvalue weighted by Gasteiger charge is -2.57. The van der Waals surface area contributed by atoms with Gasteiger partial charge < -0.3 is 15.8 Å². The standard InChI is InChI=1S/C13H23N3O2/c1-4-18-10-9-13(15,12(10,2)3)11(17)16-8-6-5-7-14/h10H,4-6,8-9,15H2,1-3H3,(H,16,17). The molecule has 1 amide bonds. The molecule has 0 aromatic carbocycles. The minimum Gasteiger partial charge on any atom is -0.378 e. The molecule has 0 aromatic rings. The van der Waals surface area contributed by atoms with Gasteiger partial charge >= 0.3 is 0 Å². The lowest BCUT2D eigenvalue weighted by atomic mass is 9.54. The molecule has 0 radical (unpaired) electrons. The normalized spacial score (nSPS) is 29.2. The quantitative estimate of drug-likeness (QED) is 0.689. The molecule has 1 rings (SSSR count). The summed E-state index contributed by atoms with van der Waals surface area (Å²) in [6.45, 7) is 7.00. The first-order valence-electron chi connectivity index (χ1n) is 6.46. The Morgan fingerprint density at radius 2 is 2.28 bits per heavy atom. The van der Waals surface area contributed by atoms with Crippen molar-refractivity contribution in [2.45, 2.75) is 51.7 Å². The number of rotatable bonds is 6. The van der Waals surface area contributed by atoms with Gasteiger partial charge in [-0.15, -0.1) is 0 Å². The Kier molecular flexibility index (Phi) is 4.71. The van der Waals surface area contributed by atoms with E-state index in [0.717, 1.165) is 0 Å². The van der Waals surface area contributed by atoms with Gasteiger partial charge in [0.15, 0.2) is 0 Å². The van der Waals surface area contributed by atoms with Gasteiger partial charge in [-0.05, 0) is 13.3 Å². The van der Waals surface area contributed by atoms with E-state index >= 15 is 0 Å². The zero-order valence-electron chi connectivity index (χ0n) is 11.5. The first-order valence-corrected chi connectivity index (χ1v) is 6.46. The summed E-state index contributed by atoms with van der Waals surface area (Å²) in [5.74, 6) is -0.138. The van der Waals surface area contributed by atoms with Gasteiger partial charge in [0.25, 0.3) is 0 Å². The summed E-state index contributed by atoms with van der Waals surface area (Å²) < 4.78 is 5.58. The maximum atomic E-state index is 12.1. The van der Waals surface area contributed by atoms with Crippen molar-refractivity contribution in [2.75, 3.05) is 13.2 Å². The molecule has 0 saturated heterocycles. The minimum absolute atomic E-state index is 0.0392. The van der Waals surface area contributed by atoms with E-state index in [2.05, 4.69) is 5.32 Å². The highest BCUT2D eigenvalue weighted by molar-refractivity contribution is 5.88. The smallest absolute Gasteiger partial charge is 0.240 e. The zero-order chi connectivity index (χ0) is 13.8. The van der Waals surface area contributed by atoms with Crippen LogP contribution in [0.25, 0.3) is 0 Å². The van der Waals surface area contributed by atoms with Gasteiger partial charge in [-0.1, -0.05) is 13.8 Å². The molecule has 1 aliphatic rings. The van der Waals surface area contributed by atoms with Crippen LogP contribution in [-0.4, -0.2) is 30.7 Å². The van der Waals surface area contributed by atoms with E-state index in [4.69, 9.17) is 15.7 Å². The number of hydrogen-bond donors (Lipinski definition) is 2. The van der Waals surface area contributed by atoms with Crippen LogP contribution >= 0.6 is 0 Å². The second-order valence-corrected chi connectivity index (χ2v) is 5.36. The Bertz CT molecular complexity index is 349. The van der Waals surface area contributed by atoms with Crippen molar-refractivity contribution in [3.63, 3.8) is 0 Å². The Morgan fingerprint density at radius 3 is 2.78 bits per heavy atom. The van der Waals surface area contributed by atoms with Crippen LogP contribution in [0, 0.1) is 16.7 Å². The summed E-state index contributed by atoms with van der Waals surface area (Å²) in [5, 5.41) is 11.2. The molecule has 1 fully saturated rings. The minimum atomic E-state index is -0.862. The highest BCUT2D eigenvalue weighted by Crippen LogP contribution is 2.49. The Hall–Kier alpha value is -1.12. The fourth-order valence-electron chi connectivity index (χ4n) is 2.35. The summed E-state index contributed by atoms with van der Waals surface area (Å²) in [6.07, 6.45) is 1.70. The van der Waals surface area contributed by atoms with E-state index in [1.807, 2.05) is 26.8 Å². The Balaban J connectivity index is 2.51. The molecule has 5 heteroatoms. The third kappa shape index (κ3) is 2.50. The molecule has 0 aromatic heterocycles. The second kappa shape index (κ2) is 5.68. The molecule has 5 nitrogen and oxygen atoms in total. The number of carbonyl (C=O) groups is 1. The van der Waals surface area contributed by atoms with Crippen molar-refractivity contribution < 1.29 is 9.53 Å². The SMILES string of the molecule is CCOC1CC(N)(C(=O)NCCCC#N)C1(C)C. The first-order chi connectivity index (χ1) is 8.40. The number of nitrogens with one attached hydrogen (secondary N) is 1. The van der Waals surface area contributed by atoms with Gasteiger partial charge in [-0.3, -0.25) is 4.79 Å². The van der Waals surface area contributed by atoms with E-state index < -0.39 is 5.54 Å². The molecule has 0 heterocycles. The monoisotopic (exact) mass is 253 g/mol. The third-order valence-corrected chi connectivity index (χ3v) is 3.99. The van der Waals surface area contributed by atoms with Crippen molar-refractivity contribution in [1.82, 2.24) is 5.32 Å². The number of nitrogens with two attached hydrogens (primary N) is 1. The molecule has 2 atom stereocenters. The van der Waals surface area contributed by atoms with Crippen molar-refractivity contribution in [3.8, 4) is 6.07 Å². The maximum absolute atomic E-state index is 12.1. The number of unbranched alkanes of at least 4 members (excludes halogenated alkanes) is 1. The van der Waals surface area contributed by atoms with Crippen molar-refractivity contribution in [3.05, 3.63) is 0 Å². The van der Waals surface area contributed by atoms with Crippen LogP contribution in [-0.2, 0) is 9.53 Å². The molecule has 2 unspecified atom stereocenters. The first kappa shape index (κ1) is 14.9. The van der Waals surface area contributed by atoms with E-state index in [9.17, 15) is 4.79 Å². The molecule has 0 aliphatic heterocycles. The predicted molar refractivity (Wildman–Crippen MR) is 68.6 cm³/mol. The summed E-state index contributed by atoms with van der Waals surface area (Å²) in [6, 6.07) is 2.05. The lowest BCUT2D eigenvalue weighted by Crippen LogP contribution is -2.75. The number of hydrogen-bond acceptors (Lipinski definition) is 4. The van der Waals surface area contributed by atoms with E-state index in [0.29, 0.717) is 32.4 Å². The third-order valence-electron chi connectivity index (χ3n) is 3.99. The van der Waals surface area contributed by atoms with Crippen LogP contribution in [0.5, 0.6) is 0 Å². The van der Waals surface area contributed by atoms with Crippen LogP contribution < -0.4 is 11.1 Å². The molecular weight excluding hydrogens is 230 g/mol. The molecule has 102 valence electrons. The molecule has 3 N–H and O–H groups in total. The van der Waals surface area contributed by atoms with E-state index in [-0.39, 0.29) is 17.4 Å². The number of nitrogens with zero attached hydrogens (tertiary/aromatic N) is 1. The summed E-state index contributed by atoms with van der Waals surface area (Å²) >= 11 is 0. The lowest BCUT2D eigenvalue weighted by molar-refractivity contribution is -0.170. The average Bonchev–Trinajstić information content (AvgIpc) is 2.33. The second-order valence-electron chi connectivity index (χ2n) is 5.36. The van der Waals surface area contributed by atoms with E-state index in [1.54, 1.807) is 0 Å². The van der Waals surface area contributed by atoms with Gasteiger partial charge in [0.05, 0.1) is 12.2 Å². The zero-order valence-corrected chi connectivity index (χ0v) is 11.5. The van der Waals surface area contributed by atoms with Gasteiger partial charge in [-0.25, -0.2) is 0 Å². The number of amides is 1. The fraction of sp³-hybridized carbons (Fsp3) is 0.846. The van der Waals surface area contributed by atoms with E-state index in [1.165, 1.54) is 0 Å². The predicted octanol–water partition coefficient (Wildman–Crippen LogP) is 0.939. The number of carbonyl (C=O) groups excluding carboxylic acids is 1. The largest absolute Gasteiger partial charge is 0.378 e. The van der Waals surface area contributed by atoms with Crippen LogP contribution in [0.4, 0.5) is 0 Å². The van der Waals surface area contributed by atoms with Crippen LogP contribution in [0.15, 0.2) is 0 Å². The van der Waals surface area contributed by atoms with Gasteiger partial charge in [0, 0.05) is 31.4 Å². The topological polar surface area (TPSA) is 88.1 Å². The number of nitriles is 1. The molecular formula is C13H23N3O2. The molecule has 1 aliphatic carbocycles. The Morgan fingerprint density at radius 1 is 1.61 bits per heavy atom. The molecule has 18 heavy (non-hydrogen) atoms. The Labute approximate surface area is 109 Å². The van der Waals surface area contributed by atoms with Crippen LogP contribution in [0.3, 0.4) is 0 Å². The highest BCUT2D eigenvalue weighted by Gasteiger charge is 2.62. The highest BCUT2D eigenvalue weighted by atomic mass is 16.5. The average molecular weight is 253 g/mol. The maximum Gasteiger partial charge on any atom is 0.240 e. The molecule has 0 bridgehead atoms. The summed E-state index contributed by atoms with van der Waals surface area (Å²) in [7, 11) is 0. The van der Waals surface area contributed by atoms with Crippen LogP contribution in [0.1, 0.15) is 40.0 Å². The van der Waals surface area contributed by atoms with Crippen molar-refractivity contribution >= 4 is 5.91 Å². The summed E-state index contributed by atoms with van der Waals surface area (Å²) in [5.41, 5.74) is 4.98. The van der Waals surface area contributed by atoms with Gasteiger partial charge in [0.2, 0.25) is 5.91 Å².